The third-order valence-electron chi connectivity index (χ3n) is 3.91. The number of amides is 1. The lowest BCUT2D eigenvalue weighted by molar-refractivity contribution is 0.0763. The maximum Gasteiger partial charge on any atom is 0.275 e. The molecule has 0 N–H and O–H groups in total. The Kier molecular flexibility index (Phi) is 5.14. The first-order valence-electron chi connectivity index (χ1n) is 8.11. The Hall–Kier alpha value is -3.08. The van der Waals surface area contributed by atoms with Crippen LogP contribution in [-0.2, 0) is 0 Å². The third-order valence-corrected chi connectivity index (χ3v) is 3.91. The highest BCUT2D eigenvalue weighted by atomic mass is 16.5. The molecule has 0 unspecified atom stereocenters. The number of ether oxygens (including phenoxy) is 1. The van der Waals surface area contributed by atoms with E-state index in [2.05, 4.69) is 5.16 Å². The SMILES string of the molecule is Cc1ccccc1OCCN(C)C(=O)c1cc(-c2ccccc2)on1. The maximum atomic E-state index is 12.4. The van der Waals surface area contributed by atoms with Crippen LogP contribution in [0, 0.1) is 6.92 Å². The zero-order valence-corrected chi connectivity index (χ0v) is 14.3. The van der Waals surface area contributed by atoms with Gasteiger partial charge in [0.1, 0.15) is 12.4 Å². The fourth-order valence-electron chi connectivity index (χ4n) is 2.42. The molecule has 5 nitrogen and oxygen atoms in total. The van der Waals surface area contributed by atoms with Gasteiger partial charge in [-0.3, -0.25) is 4.79 Å². The quantitative estimate of drug-likeness (QED) is 0.687. The summed E-state index contributed by atoms with van der Waals surface area (Å²) in [5, 5.41) is 3.89. The number of rotatable bonds is 6. The van der Waals surface area contributed by atoms with Gasteiger partial charge in [0.25, 0.3) is 5.91 Å². The Morgan fingerprint density at radius 2 is 1.84 bits per heavy atom. The molecule has 0 radical (unpaired) electrons. The van der Waals surface area contributed by atoms with Crippen molar-refractivity contribution in [3.63, 3.8) is 0 Å². The fourth-order valence-corrected chi connectivity index (χ4v) is 2.42. The molecule has 0 aliphatic rings. The second-order valence-corrected chi connectivity index (χ2v) is 5.78. The Balaban J connectivity index is 1.57. The summed E-state index contributed by atoms with van der Waals surface area (Å²) < 4.78 is 11.0. The molecule has 0 aliphatic carbocycles. The van der Waals surface area contributed by atoms with Crippen LogP contribution in [0.1, 0.15) is 16.1 Å². The molecule has 25 heavy (non-hydrogen) atoms. The largest absolute Gasteiger partial charge is 0.491 e. The standard InChI is InChI=1S/C20H20N2O3/c1-15-8-6-7-11-18(15)24-13-12-22(2)20(23)17-14-19(25-21-17)16-9-4-3-5-10-16/h3-11,14H,12-13H2,1-2H3. The number of carbonyl (C=O) groups excluding carboxylic acids is 1. The van der Waals surface area contributed by atoms with Crippen molar-refractivity contribution >= 4 is 5.91 Å². The molecule has 1 aromatic heterocycles. The summed E-state index contributed by atoms with van der Waals surface area (Å²) in [5.74, 6) is 1.21. The molecule has 1 heterocycles. The van der Waals surface area contributed by atoms with Crippen molar-refractivity contribution in [3.05, 3.63) is 71.9 Å². The Labute approximate surface area is 146 Å². The van der Waals surface area contributed by atoms with E-state index >= 15 is 0 Å². The van der Waals surface area contributed by atoms with Gasteiger partial charge in [0.05, 0.1) is 6.54 Å². The smallest absolute Gasteiger partial charge is 0.275 e. The predicted octanol–water partition coefficient (Wildman–Crippen LogP) is 3.80. The number of carbonyl (C=O) groups is 1. The minimum absolute atomic E-state index is 0.195. The molecule has 3 rings (SSSR count). The van der Waals surface area contributed by atoms with Gasteiger partial charge in [-0.15, -0.1) is 0 Å². The minimum atomic E-state index is -0.195. The molecule has 0 saturated heterocycles. The van der Waals surface area contributed by atoms with Crippen LogP contribution < -0.4 is 4.74 Å². The van der Waals surface area contributed by atoms with Gasteiger partial charge in [-0.2, -0.15) is 0 Å². The monoisotopic (exact) mass is 336 g/mol. The van der Waals surface area contributed by atoms with Crippen molar-refractivity contribution in [2.75, 3.05) is 20.2 Å². The van der Waals surface area contributed by atoms with E-state index in [4.69, 9.17) is 9.26 Å². The Morgan fingerprint density at radius 1 is 1.12 bits per heavy atom. The summed E-state index contributed by atoms with van der Waals surface area (Å²) in [7, 11) is 1.72. The summed E-state index contributed by atoms with van der Waals surface area (Å²) in [5.41, 5.74) is 2.25. The van der Waals surface area contributed by atoms with E-state index in [1.165, 1.54) is 0 Å². The second-order valence-electron chi connectivity index (χ2n) is 5.78. The zero-order chi connectivity index (χ0) is 17.6. The molecule has 0 atom stereocenters. The van der Waals surface area contributed by atoms with E-state index in [1.807, 2.05) is 61.5 Å². The predicted molar refractivity (Wildman–Crippen MR) is 95.6 cm³/mol. The first kappa shape index (κ1) is 16.8. The van der Waals surface area contributed by atoms with Gasteiger partial charge in [-0.05, 0) is 18.6 Å². The summed E-state index contributed by atoms with van der Waals surface area (Å²) in [6, 6.07) is 19.0. The molecule has 1 amide bonds. The van der Waals surface area contributed by atoms with E-state index in [0.29, 0.717) is 18.9 Å². The zero-order valence-electron chi connectivity index (χ0n) is 14.3. The molecule has 3 aromatic rings. The molecular formula is C20H20N2O3. The van der Waals surface area contributed by atoms with Crippen molar-refractivity contribution < 1.29 is 14.1 Å². The van der Waals surface area contributed by atoms with Gasteiger partial charge in [-0.25, -0.2) is 0 Å². The molecule has 5 heteroatoms. The van der Waals surface area contributed by atoms with E-state index in [0.717, 1.165) is 16.9 Å². The Morgan fingerprint density at radius 3 is 2.60 bits per heavy atom. The summed E-state index contributed by atoms with van der Waals surface area (Å²) in [6.07, 6.45) is 0. The van der Waals surface area contributed by atoms with Gasteiger partial charge < -0.3 is 14.2 Å². The van der Waals surface area contributed by atoms with Crippen LogP contribution in [0.25, 0.3) is 11.3 Å². The maximum absolute atomic E-state index is 12.4. The fraction of sp³-hybridized carbons (Fsp3) is 0.200. The highest BCUT2D eigenvalue weighted by molar-refractivity contribution is 5.92. The molecule has 0 spiro atoms. The lowest BCUT2D eigenvalue weighted by atomic mass is 10.1. The van der Waals surface area contributed by atoms with Crippen LogP contribution in [0.2, 0.25) is 0 Å². The first-order chi connectivity index (χ1) is 12.1. The molecule has 2 aromatic carbocycles. The number of aryl methyl sites for hydroxylation is 1. The highest BCUT2D eigenvalue weighted by Crippen LogP contribution is 2.20. The average Bonchev–Trinajstić information content (AvgIpc) is 3.13. The molecule has 0 fully saturated rings. The molecule has 0 saturated carbocycles. The van der Waals surface area contributed by atoms with E-state index in [9.17, 15) is 4.79 Å². The molecule has 128 valence electrons. The van der Waals surface area contributed by atoms with Gasteiger partial charge in [0.15, 0.2) is 11.5 Å². The summed E-state index contributed by atoms with van der Waals surface area (Å²) in [4.78, 5) is 14.0. The van der Waals surface area contributed by atoms with E-state index in [1.54, 1.807) is 18.0 Å². The number of para-hydroxylation sites is 1. The van der Waals surface area contributed by atoms with Crippen molar-refractivity contribution in [1.29, 1.82) is 0 Å². The van der Waals surface area contributed by atoms with Crippen LogP contribution >= 0.6 is 0 Å². The summed E-state index contributed by atoms with van der Waals surface area (Å²) >= 11 is 0. The van der Waals surface area contributed by atoms with Gasteiger partial charge in [0, 0.05) is 18.7 Å². The van der Waals surface area contributed by atoms with Crippen LogP contribution in [0.3, 0.4) is 0 Å². The number of nitrogens with zero attached hydrogens (tertiary/aromatic N) is 2. The summed E-state index contributed by atoms with van der Waals surface area (Å²) in [6.45, 7) is 2.86. The molecule has 0 bridgehead atoms. The van der Waals surface area contributed by atoms with Crippen molar-refractivity contribution in [3.8, 4) is 17.1 Å². The number of hydrogen-bond acceptors (Lipinski definition) is 4. The lowest BCUT2D eigenvalue weighted by Gasteiger charge is -2.16. The van der Waals surface area contributed by atoms with E-state index < -0.39 is 0 Å². The van der Waals surface area contributed by atoms with Crippen molar-refractivity contribution in [2.45, 2.75) is 6.92 Å². The van der Waals surface area contributed by atoms with Crippen LogP contribution in [0.4, 0.5) is 0 Å². The van der Waals surface area contributed by atoms with Gasteiger partial charge in [0.2, 0.25) is 0 Å². The van der Waals surface area contributed by atoms with Crippen LogP contribution in [-0.4, -0.2) is 36.2 Å². The van der Waals surface area contributed by atoms with E-state index in [-0.39, 0.29) is 11.6 Å². The lowest BCUT2D eigenvalue weighted by Crippen LogP contribution is -2.31. The molecule has 0 aliphatic heterocycles. The van der Waals surface area contributed by atoms with Crippen LogP contribution in [0.15, 0.2) is 65.2 Å². The topological polar surface area (TPSA) is 55.6 Å². The number of aromatic nitrogens is 1. The third kappa shape index (κ3) is 4.07. The first-order valence-corrected chi connectivity index (χ1v) is 8.11. The van der Waals surface area contributed by atoms with Gasteiger partial charge >= 0.3 is 0 Å². The second kappa shape index (κ2) is 7.66. The van der Waals surface area contributed by atoms with Crippen LogP contribution in [0.5, 0.6) is 5.75 Å². The average molecular weight is 336 g/mol. The van der Waals surface area contributed by atoms with Gasteiger partial charge in [-0.1, -0.05) is 53.7 Å². The number of benzene rings is 2. The van der Waals surface area contributed by atoms with Crippen molar-refractivity contribution in [1.82, 2.24) is 10.1 Å². The number of hydrogen-bond donors (Lipinski definition) is 0. The van der Waals surface area contributed by atoms with Crippen molar-refractivity contribution in [2.24, 2.45) is 0 Å². The highest BCUT2D eigenvalue weighted by Gasteiger charge is 2.17. The Bertz CT molecular complexity index is 843. The normalized spacial score (nSPS) is 10.5. The minimum Gasteiger partial charge on any atom is -0.491 e. The molecular weight excluding hydrogens is 316 g/mol. The number of likely N-dealkylation sites (N-methyl/N-ethyl adjacent to an activating group) is 1.